The van der Waals surface area contributed by atoms with Crippen LogP contribution >= 0.6 is 24.8 Å². The average Bonchev–Trinajstić information content (AvgIpc) is 2.68. The van der Waals surface area contributed by atoms with Crippen molar-refractivity contribution in [2.24, 2.45) is 5.92 Å². The fourth-order valence-electron chi connectivity index (χ4n) is 3.85. The van der Waals surface area contributed by atoms with Crippen LogP contribution in [-0.2, 0) is 9.53 Å². The van der Waals surface area contributed by atoms with Crippen LogP contribution in [0, 0.1) is 12.8 Å². The van der Waals surface area contributed by atoms with Crippen molar-refractivity contribution in [3.05, 3.63) is 35.4 Å². The van der Waals surface area contributed by atoms with Crippen LogP contribution in [0.15, 0.2) is 24.3 Å². The number of amides is 1. The number of benzene rings is 1. The molecule has 2 saturated heterocycles. The molecule has 1 aromatic rings. The van der Waals surface area contributed by atoms with Crippen molar-refractivity contribution < 1.29 is 9.53 Å². The number of halogens is 2. The van der Waals surface area contributed by atoms with Crippen LogP contribution in [0.5, 0.6) is 0 Å². The summed E-state index contributed by atoms with van der Waals surface area (Å²) in [7, 11) is 0. The standard InChI is InChI=1S/C21H33N3O2.2ClH/c1-17-2-5-19(6-3-17)20(16-24-12-14-26-15-13-24)23-21(25)7-4-18-8-10-22-11-9-18;;/h2-3,5-6,18,20,22H,4,7-16H2,1H3,(H,23,25);2*1H. The maximum absolute atomic E-state index is 12.6. The average molecular weight is 432 g/mol. The largest absolute Gasteiger partial charge is 0.379 e. The second-order valence-corrected chi connectivity index (χ2v) is 7.68. The number of ether oxygens (including phenoxy) is 1. The number of piperidine rings is 1. The number of nitrogens with zero attached hydrogens (tertiary/aromatic N) is 1. The summed E-state index contributed by atoms with van der Waals surface area (Å²) in [6.45, 7) is 8.57. The lowest BCUT2D eigenvalue weighted by Crippen LogP contribution is -2.43. The Bertz CT molecular complexity index is 559. The van der Waals surface area contributed by atoms with Gasteiger partial charge in [0, 0.05) is 26.1 Å². The Morgan fingerprint density at radius 3 is 2.46 bits per heavy atom. The first-order valence-corrected chi connectivity index (χ1v) is 10.1. The van der Waals surface area contributed by atoms with Gasteiger partial charge in [0.2, 0.25) is 5.91 Å². The van der Waals surface area contributed by atoms with Crippen molar-refractivity contribution in [3.63, 3.8) is 0 Å². The predicted octanol–water partition coefficient (Wildman–Crippen LogP) is 3.11. The third-order valence-electron chi connectivity index (χ3n) is 5.60. The molecule has 0 aliphatic carbocycles. The molecule has 2 heterocycles. The Balaban J connectivity index is 0.00000196. The zero-order valence-electron chi connectivity index (χ0n) is 16.8. The molecule has 2 fully saturated rings. The smallest absolute Gasteiger partial charge is 0.220 e. The number of hydrogen-bond acceptors (Lipinski definition) is 4. The summed E-state index contributed by atoms with van der Waals surface area (Å²) in [5.74, 6) is 0.876. The molecule has 0 aromatic heterocycles. The van der Waals surface area contributed by atoms with Gasteiger partial charge in [-0.15, -0.1) is 24.8 Å². The highest BCUT2D eigenvalue weighted by molar-refractivity contribution is 5.85. The van der Waals surface area contributed by atoms with E-state index in [1.807, 2.05) is 0 Å². The summed E-state index contributed by atoms with van der Waals surface area (Å²) in [6.07, 6.45) is 4.03. The third kappa shape index (κ3) is 8.26. The summed E-state index contributed by atoms with van der Waals surface area (Å²) in [5, 5.41) is 6.69. The highest BCUT2D eigenvalue weighted by Gasteiger charge is 2.21. The van der Waals surface area contributed by atoms with Crippen LogP contribution in [0.4, 0.5) is 0 Å². The van der Waals surface area contributed by atoms with Crippen LogP contribution in [0.25, 0.3) is 0 Å². The highest BCUT2D eigenvalue weighted by Crippen LogP contribution is 2.20. The van der Waals surface area contributed by atoms with Crippen molar-refractivity contribution in [2.45, 2.75) is 38.6 Å². The van der Waals surface area contributed by atoms with Crippen molar-refractivity contribution in [1.82, 2.24) is 15.5 Å². The number of aryl methyl sites for hydroxylation is 1. The second kappa shape index (κ2) is 13.4. The van der Waals surface area contributed by atoms with E-state index in [-0.39, 0.29) is 36.8 Å². The Morgan fingerprint density at radius 2 is 1.82 bits per heavy atom. The normalized spacial score (nSPS) is 19.2. The van der Waals surface area contributed by atoms with Crippen molar-refractivity contribution in [3.8, 4) is 0 Å². The molecule has 160 valence electrons. The minimum atomic E-state index is 0. The first kappa shape index (κ1) is 25.2. The van der Waals surface area contributed by atoms with Crippen LogP contribution in [-0.4, -0.2) is 56.7 Å². The first-order chi connectivity index (χ1) is 12.7. The SMILES string of the molecule is Cc1ccc(C(CN2CCOCC2)NC(=O)CCC2CCNCC2)cc1.Cl.Cl. The quantitative estimate of drug-likeness (QED) is 0.696. The molecule has 0 saturated carbocycles. The van der Waals surface area contributed by atoms with Crippen molar-refractivity contribution in [1.29, 1.82) is 0 Å². The van der Waals surface area contributed by atoms with Gasteiger partial charge < -0.3 is 15.4 Å². The molecule has 0 spiro atoms. The molecule has 2 aliphatic rings. The maximum atomic E-state index is 12.6. The molecule has 7 heteroatoms. The van der Waals surface area contributed by atoms with Gasteiger partial charge in [0.1, 0.15) is 0 Å². The Hall–Kier alpha value is -0.850. The predicted molar refractivity (Wildman–Crippen MR) is 119 cm³/mol. The van der Waals surface area contributed by atoms with Crippen LogP contribution in [0.2, 0.25) is 0 Å². The Labute approximate surface area is 181 Å². The molecule has 28 heavy (non-hydrogen) atoms. The van der Waals surface area contributed by atoms with Crippen LogP contribution in [0.1, 0.15) is 42.9 Å². The summed E-state index contributed by atoms with van der Waals surface area (Å²) >= 11 is 0. The van der Waals surface area contributed by atoms with E-state index < -0.39 is 0 Å². The summed E-state index contributed by atoms with van der Waals surface area (Å²) in [5.41, 5.74) is 2.44. The zero-order valence-corrected chi connectivity index (χ0v) is 18.5. The van der Waals surface area contributed by atoms with Gasteiger partial charge in [-0.1, -0.05) is 29.8 Å². The molecule has 2 N–H and O–H groups in total. The van der Waals surface area contributed by atoms with Gasteiger partial charge in [-0.05, 0) is 50.8 Å². The lowest BCUT2D eigenvalue weighted by atomic mass is 9.93. The topological polar surface area (TPSA) is 53.6 Å². The van der Waals surface area contributed by atoms with E-state index in [4.69, 9.17) is 4.74 Å². The van der Waals surface area contributed by atoms with E-state index in [0.717, 1.165) is 52.4 Å². The van der Waals surface area contributed by atoms with Crippen LogP contribution < -0.4 is 10.6 Å². The molecule has 3 rings (SSSR count). The zero-order chi connectivity index (χ0) is 18.2. The second-order valence-electron chi connectivity index (χ2n) is 7.68. The molecule has 0 bridgehead atoms. The van der Waals surface area contributed by atoms with E-state index in [2.05, 4.69) is 46.7 Å². The monoisotopic (exact) mass is 431 g/mol. The highest BCUT2D eigenvalue weighted by atomic mass is 35.5. The van der Waals surface area contributed by atoms with Gasteiger partial charge in [-0.2, -0.15) is 0 Å². The molecule has 1 atom stereocenters. The number of nitrogens with one attached hydrogen (secondary N) is 2. The van der Waals surface area contributed by atoms with Crippen molar-refractivity contribution >= 4 is 30.7 Å². The lowest BCUT2D eigenvalue weighted by molar-refractivity contribution is -0.122. The number of hydrogen-bond donors (Lipinski definition) is 2. The number of morpholine rings is 1. The van der Waals surface area contributed by atoms with E-state index in [1.54, 1.807) is 0 Å². The Kier molecular flexibility index (Phi) is 12.0. The number of carbonyl (C=O) groups excluding carboxylic acids is 1. The van der Waals surface area contributed by atoms with Gasteiger partial charge in [-0.25, -0.2) is 0 Å². The van der Waals surface area contributed by atoms with Gasteiger partial charge in [0.05, 0.1) is 19.3 Å². The molecule has 0 radical (unpaired) electrons. The third-order valence-corrected chi connectivity index (χ3v) is 5.60. The lowest BCUT2D eigenvalue weighted by Gasteiger charge is -2.31. The fraction of sp³-hybridized carbons (Fsp3) is 0.667. The van der Waals surface area contributed by atoms with Crippen molar-refractivity contribution in [2.75, 3.05) is 45.9 Å². The summed E-state index contributed by atoms with van der Waals surface area (Å²) in [6, 6.07) is 8.60. The van der Waals surface area contributed by atoms with Gasteiger partial charge in [-0.3, -0.25) is 9.69 Å². The van der Waals surface area contributed by atoms with E-state index in [1.165, 1.54) is 24.0 Å². The van der Waals surface area contributed by atoms with E-state index in [9.17, 15) is 4.79 Å². The molecular formula is C21H35Cl2N3O2. The summed E-state index contributed by atoms with van der Waals surface area (Å²) in [4.78, 5) is 15.0. The number of carbonyl (C=O) groups is 1. The maximum Gasteiger partial charge on any atom is 0.220 e. The van der Waals surface area contributed by atoms with E-state index >= 15 is 0 Å². The van der Waals surface area contributed by atoms with Gasteiger partial charge >= 0.3 is 0 Å². The van der Waals surface area contributed by atoms with Gasteiger partial charge in [0.15, 0.2) is 0 Å². The summed E-state index contributed by atoms with van der Waals surface area (Å²) < 4.78 is 5.46. The minimum Gasteiger partial charge on any atom is -0.379 e. The molecule has 1 aromatic carbocycles. The number of rotatable bonds is 7. The van der Waals surface area contributed by atoms with Gasteiger partial charge in [0.25, 0.3) is 0 Å². The molecule has 2 aliphatic heterocycles. The Morgan fingerprint density at radius 1 is 1.18 bits per heavy atom. The molecule has 1 amide bonds. The first-order valence-electron chi connectivity index (χ1n) is 10.1. The molecular weight excluding hydrogens is 397 g/mol. The van der Waals surface area contributed by atoms with E-state index in [0.29, 0.717) is 12.3 Å². The minimum absolute atomic E-state index is 0. The fourth-order valence-corrected chi connectivity index (χ4v) is 3.85. The molecule has 5 nitrogen and oxygen atoms in total. The van der Waals surface area contributed by atoms with Crippen LogP contribution in [0.3, 0.4) is 0 Å². The molecule has 1 unspecified atom stereocenters.